The highest BCUT2D eigenvalue weighted by Gasteiger charge is 2.22. The molecule has 0 spiro atoms. The van der Waals surface area contributed by atoms with E-state index in [1.54, 1.807) is 6.92 Å². The quantitative estimate of drug-likeness (QED) is 0.632. The van der Waals surface area contributed by atoms with E-state index in [0.717, 1.165) is 16.0 Å². The van der Waals surface area contributed by atoms with Crippen LogP contribution < -0.4 is 11.1 Å². The van der Waals surface area contributed by atoms with Crippen LogP contribution in [0.3, 0.4) is 0 Å². The van der Waals surface area contributed by atoms with E-state index < -0.39 is 11.9 Å². The van der Waals surface area contributed by atoms with Gasteiger partial charge in [0.15, 0.2) is 15.9 Å². The van der Waals surface area contributed by atoms with Gasteiger partial charge in [0.05, 0.1) is 12.3 Å². The summed E-state index contributed by atoms with van der Waals surface area (Å²) >= 11 is 6.73. The zero-order valence-electron chi connectivity index (χ0n) is 12.1. The normalized spacial score (nSPS) is 10.8. The van der Waals surface area contributed by atoms with E-state index in [0.29, 0.717) is 0 Å². The van der Waals surface area contributed by atoms with Gasteiger partial charge in [-0.2, -0.15) is 0 Å². The molecule has 0 saturated carbocycles. The van der Waals surface area contributed by atoms with Gasteiger partial charge in [-0.3, -0.25) is 4.79 Å². The van der Waals surface area contributed by atoms with Crippen molar-refractivity contribution in [2.24, 2.45) is 0 Å². The van der Waals surface area contributed by atoms with Crippen molar-refractivity contribution < 1.29 is 14.3 Å². The zero-order valence-corrected chi connectivity index (χ0v) is 13.6. The molecule has 0 atom stereocenters. The van der Waals surface area contributed by atoms with E-state index in [9.17, 15) is 9.59 Å². The van der Waals surface area contributed by atoms with E-state index in [1.165, 1.54) is 6.07 Å². The number of nitrogens with zero attached hydrogens (tertiary/aromatic N) is 6. The smallest absolute Gasteiger partial charge is 0.360 e. The number of tetrazole rings is 1. The number of fused-ring (bicyclic) bond motifs is 1. The van der Waals surface area contributed by atoms with Gasteiger partial charge in [-0.25, -0.2) is 9.78 Å². The second kappa shape index (κ2) is 6.33. The van der Waals surface area contributed by atoms with Gasteiger partial charge in [0, 0.05) is 0 Å². The Labute approximate surface area is 142 Å². The average molecular weight is 369 g/mol. The topological polar surface area (TPSA) is 150 Å². The van der Waals surface area contributed by atoms with Gasteiger partial charge in [-0.1, -0.05) is 22.9 Å². The first-order valence-corrected chi connectivity index (χ1v) is 7.68. The number of esters is 1. The lowest BCUT2D eigenvalue weighted by Gasteiger charge is -2.05. The van der Waals surface area contributed by atoms with Gasteiger partial charge in [-0.15, -0.1) is 14.8 Å². The van der Waals surface area contributed by atoms with Crippen molar-refractivity contribution in [2.45, 2.75) is 6.92 Å². The molecule has 3 heterocycles. The third-order valence-corrected chi connectivity index (χ3v) is 3.81. The Morgan fingerprint density at radius 3 is 3.04 bits per heavy atom. The van der Waals surface area contributed by atoms with E-state index in [-0.39, 0.29) is 38.8 Å². The van der Waals surface area contributed by atoms with Crippen molar-refractivity contribution in [3.63, 3.8) is 0 Å². The molecular formula is C11H9ClN8O3S. The summed E-state index contributed by atoms with van der Waals surface area (Å²) in [6.07, 6.45) is 0. The first-order chi connectivity index (χ1) is 11.5. The maximum Gasteiger partial charge on any atom is 0.360 e. The lowest BCUT2D eigenvalue weighted by molar-refractivity contribution is 0.0521. The highest BCUT2D eigenvalue weighted by Crippen LogP contribution is 2.29. The molecule has 3 aromatic heterocycles. The Morgan fingerprint density at radius 2 is 2.29 bits per heavy atom. The predicted molar refractivity (Wildman–Crippen MR) is 84.0 cm³/mol. The van der Waals surface area contributed by atoms with Crippen LogP contribution in [0, 0.1) is 0 Å². The summed E-state index contributed by atoms with van der Waals surface area (Å²) in [6.45, 7) is 1.81. The van der Waals surface area contributed by atoms with Crippen molar-refractivity contribution in [2.75, 3.05) is 17.7 Å². The number of thiazole rings is 1. The summed E-state index contributed by atoms with van der Waals surface area (Å²) in [4.78, 5) is 28.0. The number of nitrogen functional groups attached to an aromatic ring is 1. The molecule has 3 rings (SSSR count). The molecular weight excluding hydrogens is 360 g/mol. The van der Waals surface area contributed by atoms with E-state index >= 15 is 0 Å². The molecule has 0 aliphatic rings. The van der Waals surface area contributed by atoms with Crippen molar-refractivity contribution in [3.05, 3.63) is 21.9 Å². The predicted octanol–water partition coefficient (Wildman–Crippen LogP) is 0.640. The van der Waals surface area contributed by atoms with Crippen LogP contribution in [0.2, 0.25) is 4.47 Å². The molecule has 0 bridgehead atoms. The van der Waals surface area contributed by atoms with Gasteiger partial charge in [0.25, 0.3) is 5.91 Å². The van der Waals surface area contributed by atoms with Gasteiger partial charge in [0.2, 0.25) is 5.65 Å². The number of carbonyl (C=O) groups is 2. The number of hydrogen-bond donors (Lipinski definition) is 2. The molecule has 0 aliphatic carbocycles. The van der Waals surface area contributed by atoms with E-state index in [2.05, 4.69) is 30.9 Å². The zero-order chi connectivity index (χ0) is 17.3. The van der Waals surface area contributed by atoms with Crippen LogP contribution >= 0.6 is 22.9 Å². The Bertz CT molecular complexity index is 939. The van der Waals surface area contributed by atoms with Crippen LogP contribution in [0.5, 0.6) is 0 Å². The lowest BCUT2D eigenvalue weighted by atomic mass is 10.3. The van der Waals surface area contributed by atoms with Gasteiger partial charge >= 0.3 is 5.97 Å². The van der Waals surface area contributed by atoms with Crippen LogP contribution in [-0.2, 0) is 4.74 Å². The summed E-state index contributed by atoms with van der Waals surface area (Å²) in [5.41, 5.74) is 6.03. The summed E-state index contributed by atoms with van der Waals surface area (Å²) in [5, 5.41) is 17.2. The molecule has 0 unspecified atom stereocenters. The van der Waals surface area contributed by atoms with E-state index in [4.69, 9.17) is 22.1 Å². The molecule has 0 aliphatic heterocycles. The monoisotopic (exact) mass is 368 g/mol. The molecule has 124 valence electrons. The molecule has 0 radical (unpaired) electrons. The molecule has 3 N–H and O–H groups in total. The summed E-state index contributed by atoms with van der Waals surface area (Å²) in [5.74, 6) is -1.33. The summed E-state index contributed by atoms with van der Waals surface area (Å²) in [7, 11) is 0. The third-order valence-electron chi connectivity index (χ3n) is 2.74. The number of nitrogens with one attached hydrogen (secondary N) is 1. The Kier molecular flexibility index (Phi) is 4.22. The maximum atomic E-state index is 12.3. The first kappa shape index (κ1) is 16.0. The Morgan fingerprint density at radius 1 is 1.50 bits per heavy atom. The fourth-order valence-corrected chi connectivity index (χ4v) is 2.75. The number of aromatic nitrogens is 6. The first-order valence-electron chi connectivity index (χ1n) is 6.49. The third kappa shape index (κ3) is 2.96. The number of ether oxygens (including phenoxy) is 1. The van der Waals surface area contributed by atoms with Crippen LogP contribution in [0.15, 0.2) is 6.07 Å². The minimum absolute atomic E-state index is 0.0494. The highest BCUT2D eigenvalue weighted by molar-refractivity contribution is 7.20. The molecule has 3 aromatic rings. The largest absolute Gasteiger partial charge is 0.461 e. The number of rotatable bonds is 4. The fraction of sp³-hybridized carbons (Fsp3) is 0.182. The Hall–Kier alpha value is -2.86. The number of nitrogens with two attached hydrogens (primary N) is 1. The van der Waals surface area contributed by atoms with Crippen LogP contribution in [0.4, 0.5) is 10.7 Å². The molecule has 24 heavy (non-hydrogen) atoms. The van der Waals surface area contributed by atoms with E-state index in [1.807, 2.05) is 0 Å². The van der Waals surface area contributed by atoms with Crippen LogP contribution in [0.25, 0.3) is 5.65 Å². The number of halogens is 1. The van der Waals surface area contributed by atoms with Crippen molar-refractivity contribution in [1.82, 2.24) is 30.2 Å². The van der Waals surface area contributed by atoms with Crippen molar-refractivity contribution in [3.8, 4) is 0 Å². The second-order valence-electron chi connectivity index (χ2n) is 4.30. The summed E-state index contributed by atoms with van der Waals surface area (Å²) < 4.78 is 5.97. The molecule has 0 saturated heterocycles. The number of hydrogen-bond acceptors (Lipinski definition) is 10. The maximum absolute atomic E-state index is 12.3. The average Bonchev–Trinajstić information content (AvgIpc) is 3.14. The molecule has 13 heteroatoms. The SMILES string of the molecule is CCOC(=O)c1nc(Cl)sc1NC(=O)c1cc(N)c2nnnn2n1. The second-order valence-corrected chi connectivity index (χ2v) is 5.88. The Balaban J connectivity index is 1.90. The van der Waals surface area contributed by atoms with Crippen LogP contribution in [-0.4, -0.2) is 48.7 Å². The number of amides is 1. The number of anilines is 2. The fourth-order valence-electron chi connectivity index (χ4n) is 1.76. The van der Waals surface area contributed by atoms with Crippen molar-refractivity contribution >= 4 is 51.1 Å². The number of carbonyl (C=O) groups excluding carboxylic acids is 2. The van der Waals surface area contributed by atoms with Crippen molar-refractivity contribution in [1.29, 1.82) is 0 Å². The molecule has 0 fully saturated rings. The lowest BCUT2D eigenvalue weighted by Crippen LogP contribution is -2.18. The molecule has 11 nitrogen and oxygen atoms in total. The van der Waals surface area contributed by atoms with Gasteiger partial charge in [-0.05, 0) is 23.4 Å². The highest BCUT2D eigenvalue weighted by atomic mass is 35.5. The minimum Gasteiger partial charge on any atom is -0.461 e. The standard InChI is InChI=1S/C11H9ClN8O3S/c1-2-23-10(22)6-9(24-11(12)14-6)15-8(21)5-3-4(13)7-16-18-19-20(7)17-5/h3H,2,13H2,1H3,(H,15,21). The molecule has 1 amide bonds. The van der Waals surface area contributed by atoms with Gasteiger partial charge < -0.3 is 15.8 Å². The molecule has 0 aromatic carbocycles. The van der Waals surface area contributed by atoms with Gasteiger partial charge in [0.1, 0.15) is 5.00 Å². The van der Waals surface area contributed by atoms with Crippen LogP contribution in [0.1, 0.15) is 27.9 Å². The summed E-state index contributed by atoms with van der Waals surface area (Å²) in [6, 6.07) is 1.31. The minimum atomic E-state index is -0.695.